The van der Waals surface area contributed by atoms with Crippen molar-refractivity contribution >= 4 is 17.4 Å². The van der Waals surface area contributed by atoms with Crippen molar-refractivity contribution in [2.24, 2.45) is 0 Å². The van der Waals surface area contributed by atoms with E-state index < -0.39 is 6.10 Å². The van der Waals surface area contributed by atoms with Crippen LogP contribution in [0.2, 0.25) is 0 Å². The van der Waals surface area contributed by atoms with Gasteiger partial charge in [-0.1, -0.05) is 6.07 Å². The maximum atomic E-state index is 13.5. The molecule has 1 aromatic carbocycles. The first-order valence-electron chi connectivity index (χ1n) is 17.0. The first kappa shape index (κ1) is 32.5. The Morgan fingerprint density at radius 1 is 1.11 bits per heavy atom. The number of piperazine rings is 1. The van der Waals surface area contributed by atoms with E-state index in [1.165, 1.54) is 23.9 Å². The minimum Gasteiger partial charge on any atom is -0.486 e. The molecule has 6 rings (SSSR count). The van der Waals surface area contributed by atoms with Gasteiger partial charge in [-0.3, -0.25) is 14.6 Å². The summed E-state index contributed by atoms with van der Waals surface area (Å²) in [6.45, 7) is 14.9. The van der Waals surface area contributed by atoms with Crippen LogP contribution in [-0.4, -0.2) is 87.6 Å². The van der Waals surface area contributed by atoms with Crippen LogP contribution >= 0.6 is 0 Å². The van der Waals surface area contributed by atoms with Crippen molar-refractivity contribution in [3.05, 3.63) is 64.9 Å². The molecule has 1 saturated carbocycles. The number of carbonyl (C=O) groups excluding carboxylic acids is 1. The molecule has 1 aliphatic carbocycles. The van der Waals surface area contributed by atoms with Crippen LogP contribution < -0.4 is 15.0 Å². The number of oxazole rings is 1. The van der Waals surface area contributed by atoms with Gasteiger partial charge in [-0.25, -0.2) is 9.97 Å². The Labute approximate surface area is 273 Å². The van der Waals surface area contributed by atoms with Gasteiger partial charge in [0.15, 0.2) is 17.9 Å². The van der Waals surface area contributed by atoms with Crippen molar-refractivity contribution in [2.75, 3.05) is 49.5 Å². The molecule has 0 unspecified atom stereocenters. The Morgan fingerprint density at radius 2 is 1.91 bits per heavy atom. The number of aliphatic hydroxyl groups is 1. The number of aryl methyl sites for hydroxylation is 1. The molecule has 2 N–H and O–H groups in total. The molecule has 1 saturated heterocycles. The summed E-state index contributed by atoms with van der Waals surface area (Å²) in [6, 6.07) is 10.5. The highest BCUT2D eigenvalue weighted by molar-refractivity contribution is 5.97. The summed E-state index contributed by atoms with van der Waals surface area (Å²) in [4.78, 5) is 29.6. The number of hydrogen-bond donors (Lipinski definition) is 2. The number of aliphatic hydroxyl groups excluding tert-OH is 1. The van der Waals surface area contributed by atoms with Gasteiger partial charge in [0.25, 0.3) is 0 Å². The van der Waals surface area contributed by atoms with Crippen LogP contribution in [0.15, 0.2) is 41.1 Å². The molecule has 248 valence electrons. The molecule has 3 aliphatic rings. The third-order valence-electron chi connectivity index (χ3n) is 9.80. The molecule has 2 aliphatic heterocycles. The van der Waals surface area contributed by atoms with Gasteiger partial charge in [-0.2, -0.15) is 0 Å². The number of pyridine rings is 1. The minimum atomic E-state index is -0.572. The highest BCUT2D eigenvalue weighted by Gasteiger charge is 2.28. The SMILES string of the molecule is Cc1ncoc1COc1ccc2c(c1)CCN(C[C@@H](O)CCC(=O)c1cc(NC3CCC3)nc(N3CCN(C(C)(C)C)CC3)c1)C2. The zero-order valence-corrected chi connectivity index (χ0v) is 27.9. The van der Waals surface area contributed by atoms with Gasteiger partial charge >= 0.3 is 0 Å². The lowest BCUT2D eigenvalue weighted by Gasteiger charge is -2.42. The molecule has 2 aromatic heterocycles. The van der Waals surface area contributed by atoms with Gasteiger partial charge in [-0.05, 0) is 95.2 Å². The van der Waals surface area contributed by atoms with Gasteiger partial charge in [0.2, 0.25) is 0 Å². The number of nitrogens with one attached hydrogen (secondary N) is 1. The van der Waals surface area contributed by atoms with Crippen LogP contribution in [0, 0.1) is 6.92 Å². The molecule has 0 radical (unpaired) electrons. The van der Waals surface area contributed by atoms with Crippen molar-refractivity contribution in [2.45, 2.75) is 97.1 Å². The number of aromatic nitrogens is 2. The van der Waals surface area contributed by atoms with Crippen molar-refractivity contribution in [3.8, 4) is 5.75 Å². The first-order valence-corrected chi connectivity index (χ1v) is 17.0. The molecule has 10 nitrogen and oxygen atoms in total. The lowest BCUT2D eigenvalue weighted by Crippen LogP contribution is -2.53. The van der Waals surface area contributed by atoms with E-state index in [-0.39, 0.29) is 11.3 Å². The average Bonchev–Trinajstić information content (AvgIpc) is 3.44. The van der Waals surface area contributed by atoms with Gasteiger partial charge < -0.3 is 24.5 Å². The fraction of sp³-hybridized carbons (Fsp3) is 0.583. The Hall–Kier alpha value is -3.47. The molecular weight excluding hydrogens is 580 g/mol. The molecule has 3 aromatic rings. The van der Waals surface area contributed by atoms with Gasteiger partial charge in [0.05, 0.1) is 11.8 Å². The summed E-state index contributed by atoms with van der Waals surface area (Å²) in [5.41, 5.74) is 4.18. The molecule has 0 spiro atoms. The number of hydrogen-bond acceptors (Lipinski definition) is 10. The van der Waals surface area contributed by atoms with Crippen LogP contribution in [0.3, 0.4) is 0 Å². The van der Waals surface area contributed by atoms with E-state index in [1.54, 1.807) is 0 Å². The lowest BCUT2D eigenvalue weighted by atomic mass is 9.93. The van der Waals surface area contributed by atoms with E-state index in [0.29, 0.717) is 37.6 Å². The predicted molar refractivity (Wildman–Crippen MR) is 180 cm³/mol. The van der Waals surface area contributed by atoms with E-state index in [4.69, 9.17) is 14.1 Å². The number of Topliss-reactive ketones (excluding diaryl/α,β-unsaturated/α-hetero) is 1. The van der Waals surface area contributed by atoms with Crippen molar-refractivity contribution in [1.82, 2.24) is 19.8 Å². The zero-order chi connectivity index (χ0) is 32.3. The number of carbonyl (C=O) groups is 1. The molecule has 4 heterocycles. The molecule has 0 bridgehead atoms. The molecule has 10 heteroatoms. The van der Waals surface area contributed by atoms with Crippen LogP contribution in [0.4, 0.5) is 11.6 Å². The minimum absolute atomic E-state index is 0.0599. The molecule has 2 fully saturated rings. The van der Waals surface area contributed by atoms with E-state index in [9.17, 15) is 9.90 Å². The maximum absolute atomic E-state index is 13.5. The molecule has 46 heavy (non-hydrogen) atoms. The standard InChI is InChI=1S/C36H50N6O4/c1-25-33(46-24-37-25)23-45-31-10-8-27-21-40(13-12-26(27)18-31)22-30(43)9-11-32(44)28-19-34(38-29-6-5-7-29)39-35(20-28)41-14-16-42(17-15-41)36(2,3)4/h8,10,18-20,24,29-30,43H,5-7,9,11-17,21-23H2,1-4H3,(H,38,39)/t30-/m0/s1. The zero-order valence-electron chi connectivity index (χ0n) is 27.9. The smallest absolute Gasteiger partial charge is 0.181 e. The van der Waals surface area contributed by atoms with Crippen LogP contribution in [0.25, 0.3) is 0 Å². The number of ether oxygens (including phenoxy) is 1. The van der Waals surface area contributed by atoms with Gasteiger partial charge in [0, 0.05) is 69.4 Å². The van der Waals surface area contributed by atoms with Crippen molar-refractivity contribution in [3.63, 3.8) is 0 Å². The second kappa shape index (κ2) is 14.1. The largest absolute Gasteiger partial charge is 0.486 e. The lowest BCUT2D eigenvalue weighted by molar-refractivity contribution is 0.0836. The Morgan fingerprint density at radius 3 is 2.61 bits per heavy atom. The summed E-state index contributed by atoms with van der Waals surface area (Å²) < 4.78 is 11.3. The predicted octanol–water partition coefficient (Wildman–Crippen LogP) is 5.22. The van der Waals surface area contributed by atoms with E-state index in [2.05, 4.69) is 57.9 Å². The molecule has 0 amide bonds. The molecule has 1 atom stereocenters. The topological polar surface area (TPSA) is 107 Å². The van der Waals surface area contributed by atoms with E-state index in [1.807, 2.05) is 25.1 Å². The Balaban J connectivity index is 1.02. The number of ketones is 1. The number of β-amino-alcohol motifs (C(OH)–C–C–N with tert-alkyl or cyclic N) is 1. The third-order valence-corrected chi connectivity index (χ3v) is 9.80. The fourth-order valence-electron chi connectivity index (χ4n) is 6.56. The summed E-state index contributed by atoms with van der Waals surface area (Å²) in [6.07, 6.45) is 6.02. The Bertz CT molecular complexity index is 1490. The number of fused-ring (bicyclic) bond motifs is 1. The van der Waals surface area contributed by atoms with Crippen LogP contribution in [0.5, 0.6) is 5.75 Å². The second-order valence-electron chi connectivity index (χ2n) is 14.2. The van der Waals surface area contributed by atoms with Crippen molar-refractivity contribution < 1.29 is 19.1 Å². The van der Waals surface area contributed by atoms with E-state index >= 15 is 0 Å². The second-order valence-corrected chi connectivity index (χ2v) is 14.2. The number of benzene rings is 1. The van der Waals surface area contributed by atoms with Crippen LogP contribution in [-0.2, 0) is 19.6 Å². The van der Waals surface area contributed by atoms with Gasteiger partial charge in [-0.15, -0.1) is 0 Å². The highest BCUT2D eigenvalue weighted by Crippen LogP contribution is 2.28. The number of anilines is 2. The van der Waals surface area contributed by atoms with Gasteiger partial charge in [0.1, 0.15) is 24.0 Å². The first-order chi connectivity index (χ1) is 22.1. The van der Waals surface area contributed by atoms with Crippen molar-refractivity contribution in [1.29, 1.82) is 0 Å². The Kier molecular flexibility index (Phi) is 9.96. The summed E-state index contributed by atoms with van der Waals surface area (Å²) in [7, 11) is 0. The normalized spacial score (nSPS) is 18.6. The summed E-state index contributed by atoms with van der Waals surface area (Å²) in [5, 5.41) is 14.5. The summed E-state index contributed by atoms with van der Waals surface area (Å²) in [5.74, 6) is 3.28. The average molecular weight is 631 g/mol. The van der Waals surface area contributed by atoms with Crippen LogP contribution in [0.1, 0.15) is 85.8 Å². The number of rotatable bonds is 12. The molecular formula is C36H50N6O4. The highest BCUT2D eigenvalue weighted by atomic mass is 16.5. The third kappa shape index (κ3) is 8.08. The number of nitrogens with zero attached hydrogens (tertiary/aromatic N) is 5. The van der Waals surface area contributed by atoms with E-state index in [0.717, 1.165) is 87.4 Å². The summed E-state index contributed by atoms with van der Waals surface area (Å²) >= 11 is 0. The quantitative estimate of drug-likeness (QED) is 0.259. The fourth-order valence-corrected chi connectivity index (χ4v) is 6.56. The monoisotopic (exact) mass is 630 g/mol. The maximum Gasteiger partial charge on any atom is 0.181 e.